The molecule has 12 nitrogen and oxygen atoms in total. The minimum Gasteiger partial charge on any atom is -0.743 e. The fraction of sp³-hybridized carbons (Fsp3) is 0.375. The number of hydrogen-bond acceptors (Lipinski definition) is 11. The van der Waals surface area contributed by atoms with Crippen molar-refractivity contribution in [2.45, 2.75) is 10.5 Å². The maximum atomic E-state index is 13.2. The van der Waals surface area contributed by atoms with Crippen LogP contribution in [0.1, 0.15) is 5.56 Å². The SMILES string of the molecule is C=Cc1c(I)c(OCC(=O)OCC(F)(F)S(=O)(=O)[O-])c(I)c(OCC(=O)OCC(F)(F)S(=O)(=O)O)c1I. The van der Waals surface area contributed by atoms with E-state index < -0.39 is 69.1 Å². The third kappa shape index (κ3) is 9.14. The van der Waals surface area contributed by atoms with Crippen molar-refractivity contribution in [1.82, 2.24) is 0 Å². The molecule has 0 aromatic heterocycles. The summed E-state index contributed by atoms with van der Waals surface area (Å²) in [6.07, 6.45) is 1.31. The Balaban J connectivity index is 3.03. The summed E-state index contributed by atoms with van der Waals surface area (Å²) < 4.78 is 133. The van der Waals surface area contributed by atoms with E-state index in [0.717, 1.165) is 0 Å². The molecule has 0 radical (unpaired) electrons. The number of rotatable bonds is 13. The Labute approximate surface area is 247 Å². The molecule has 0 amide bonds. The smallest absolute Gasteiger partial charge is 0.402 e. The van der Waals surface area contributed by atoms with Crippen LogP contribution in [0.2, 0.25) is 0 Å². The van der Waals surface area contributed by atoms with Gasteiger partial charge in [0, 0.05) is 5.56 Å². The van der Waals surface area contributed by atoms with E-state index in [1.807, 2.05) is 0 Å². The first kappa shape index (κ1) is 34.3. The number of carbonyl (C=O) groups excluding carboxylic acids is 2. The van der Waals surface area contributed by atoms with Crippen LogP contribution < -0.4 is 9.47 Å². The van der Waals surface area contributed by atoms with Gasteiger partial charge in [-0.1, -0.05) is 12.7 Å². The quantitative estimate of drug-likeness (QED) is 0.132. The van der Waals surface area contributed by atoms with Gasteiger partial charge in [-0.25, -0.2) is 18.0 Å². The lowest BCUT2D eigenvalue weighted by atomic mass is 10.2. The molecule has 0 spiro atoms. The zero-order valence-electron chi connectivity index (χ0n) is 17.5. The molecule has 1 aromatic carbocycles. The molecule has 210 valence electrons. The third-order valence-electron chi connectivity index (χ3n) is 3.69. The summed E-state index contributed by atoms with van der Waals surface area (Å²) in [5.41, 5.74) is 0.329. The first-order valence-corrected chi connectivity index (χ1v) is 14.8. The highest BCUT2D eigenvalue weighted by atomic mass is 127. The van der Waals surface area contributed by atoms with Gasteiger partial charge in [-0.3, -0.25) is 4.55 Å². The first-order chi connectivity index (χ1) is 16.7. The number of alkyl halides is 4. The highest BCUT2D eigenvalue weighted by Gasteiger charge is 2.45. The monoisotopic (exact) mass is 917 g/mol. The minimum absolute atomic E-state index is 0.0772. The predicted octanol–water partition coefficient (Wildman–Crippen LogP) is 2.61. The summed E-state index contributed by atoms with van der Waals surface area (Å²) in [6, 6.07) is 0. The van der Waals surface area contributed by atoms with Gasteiger partial charge in [0.1, 0.15) is 0 Å². The van der Waals surface area contributed by atoms with Gasteiger partial charge in [0.25, 0.3) is 0 Å². The Morgan fingerprint density at radius 1 is 0.865 bits per heavy atom. The molecule has 1 aromatic rings. The summed E-state index contributed by atoms with van der Waals surface area (Å²) >= 11 is 5.16. The summed E-state index contributed by atoms with van der Waals surface area (Å²) in [5, 5.41) is -9.63. The van der Waals surface area contributed by atoms with Gasteiger partial charge in [0.05, 0.1) is 10.7 Å². The molecule has 21 heteroatoms. The highest BCUT2D eigenvalue weighted by Crippen LogP contribution is 2.42. The van der Waals surface area contributed by atoms with E-state index in [2.05, 4.69) is 16.1 Å². The molecule has 0 aliphatic heterocycles. The van der Waals surface area contributed by atoms with Crippen molar-refractivity contribution in [3.8, 4) is 11.5 Å². The Morgan fingerprint density at radius 3 is 1.57 bits per heavy atom. The van der Waals surface area contributed by atoms with Crippen molar-refractivity contribution >= 4 is 106 Å². The highest BCUT2D eigenvalue weighted by molar-refractivity contribution is 14.1. The van der Waals surface area contributed by atoms with Crippen LogP contribution in [-0.2, 0) is 39.3 Å². The second-order valence-corrected chi connectivity index (χ2v) is 12.6. The first-order valence-electron chi connectivity index (χ1n) is 8.74. The molecule has 0 atom stereocenters. The molecule has 1 N–H and O–H groups in total. The van der Waals surface area contributed by atoms with Crippen molar-refractivity contribution in [2.24, 2.45) is 0 Å². The number of benzene rings is 1. The molecule has 37 heavy (non-hydrogen) atoms. The van der Waals surface area contributed by atoms with Gasteiger partial charge < -0.3 is 23.5 Å². The molecule has 0 heterocycles. The lowest BCUT2D eigenvalue weighted by Crippen LogP contribution is -2.35. The van der Waals surface area contributed by atoms with E-state index in [1.54, 1.807) is 67.8 Å². The number of esters is 2. The van der Waals surface area contributed by atoms with Gasteiger partial charge in [0.15, 0.2) is 48.0 Å². The topological polar surface area (TPSA) is 183 Å². The van der Waals surface area contributed by atoms with Crippen LogP contribution in [0.15, 0.2) is 6.58 Å². The second kappa shape index (κ2) is 13.1. The van der Waals surface area contributed by atoms with E-state index in [0.29, 0.717) is 12.7 Å². The van der Waals surface area contributed by atoms with E-state index in [-0.39, 0.29) is 15.1 Å². The molecular formula is C16H12F4I3O12S2-. The summed E-state index contributed by atoms with van der Waals surface area (Å²) in [4.78, 5) is 23.5. The number of halogens is 7. The van der Waals surface area contributed by atoms with Crippen LogP contribution in [0, 0.1) is 10.7 Å². The van der Waals surface area contributed by atoms with Crippen LogP contribution in [0.4, 0.5) is 17.6 Å². The van der Waals surface area contributed by atoms with Crippen LogP contribution in [0.5, 0.6) is 11.5 Å². The van der Waals surface area contributed by atoms with E-state index in [1.165, 1.54) is 6.08 Å². The van der Waals surface area contributed by atoms with Crippen molar-refractivity contribution in [3.63, 3.8) is 0 Å². The number of ether oxygens (including phenoxy) is 4. The van der Waals surface area contributed by atoms with Crippen LogP contribution in [-0.4, -0.2) is 74.8 Å². The van der Waals surface area contributed by atoms with Gasteiger partial charge in [0.2, 0.25) is 0 Å². The van der Waals surface area contributed by atoms with Gasteiger partial charge in [-0.15, -0.1) is 0 Å². The van der Waals surface area contributed by atoms with Crippen LogP contribution >= 0.6 is 67.8 Å². The molecule has 0 aliphatic carbocycles. The normalized spacial score (nSPS) is 12.6. The predicted molar refractivity (Wildman–Crippen MR) is 139 cm³/mol. The molecule has 1 rings (SSSR count). The summed E-state index contributed by atoms with van der Waals surface area (Å²) in [7, 11) is -11.9. The van der Waals surface area contributed by atoms with Crippen molar-refractivity contribution in [3.05, 3.63) is 22.9 Å². The molecule has 0 fully saturated rings. The number of carbonyl (C=O) groups is 2. The van der Waals surface area contributed by atoms with E-state index in [4.69, 9.17) is 14.0 Å². The Kier molecular flexibility index (Phi) is 12.1. The Bertz CT molecular complexity index is 1200. The lowest BCUT2D eigenvalue weighted by Gasteiger charge is -2.20. The Morgan fingerprint density at radius 2 is 1.24 bits per heavy atom. The van der Waals surface area contributed by atoms with Crippen molar-refractivity contribution in [1.29, 1.82) is 0 Å². The average molecular weight is 917 g/mol. The van der Waals surface area contributed by atoms with Gasteiger partial charge >= 0.3 is 32.6 Å². The average Bonchev–Trinajstić information content (AvgIpc) is 2.75. The lowest BCUT2D eigenvalue weighted by molar-refractivity contribution is -0.152. The van der Waals surface area contributed by atoms with E-state index in [9.17, 15) is 48.5 Å². The van der Waals surface area contributed by atoms with Gasteiger partial charge in [-0.05, 0) is 67.8 Å². The van der Waals surface area contributed by atoms with Crippen LogP contribution in [0.25, 0.3) is 6.08 Å². The van der Waals surface area contributed by atoms with Crippen LogP contribution in [0.3, 0.4) is 0 Å². The summed E-state index contributed by atoms with van der Waals surface area (Å²) in [5.74, 6) is -3.14. The second-order valence-electron chi connectivity index (χ2n) is 6.32. The zero-order chi connectivity index (χ0) is 29.0. The molecular weight excluding hydrogens is 905 g/mol. The van der Waals surface area contributed by atoms with Crippen molar-refractivity contribution in [2.75, 3.05) is 26.4 Å². The van der Waals surface area contributed by atoms with Crippen molar-refractivity contribution < 1.29 is 72.0 Å². The standard InChI is InChI=1S/C16H13F4I3O12S2/c1-2-7-10(21)13(32-3-8(24)34-5-15(17,18)36(26,27)28)12(23)14(11(7)22)33-4-9(25)35-6-16(19,20)37(29,30)31/h2H,1,3-6H2,(H,26,27,28)(H,29,30,31)/p-1. The fourth-order valence-electron chi connectivity index (χ4n) is 1.89. The molecule has 0 aliphatic rings. The molecule has 0 saturated carbocycles. The number of hydrogen-bond donors (Lipinski definition) is 1. The van der Waals surface area contributed by atoms with E-state index >= 15 is 0 Å². The zero-order valence-corrected chi connectivity index (χ0v) is 25.6. The largest absolute Gasteiger partial charge is 0.743 e. The van der Waals surface area contributed by atoms with Gasteiger partial charge in [-0.2, -0.15) is 26.0 Å². The molecule has 0 bridgehead atoms. The minimum atomic E-state index is -6.08. The third-order valence-corrected chi connectivity index (χ3v) is 8.53. The maximum absolute atomic E-state index is 13.2. The maximum Gasteiger partial charge on any atom is 0.402 e. The molecule has 0 saturated heterocycles. The molecule has 0 unspecified atom stereocenters. The summed E-state index contributed by atoms with van der Waals surface area (Å²) in [6.45, 7) is -2.53. The Hall–Kier alpha value is -0.770. The fourth-order valence-corrected chi connectivity index (χ4v) is 6.53.